The largest absolute Gasteiger partial charge is 0.337 e. The number of benzene rings is 1. The van der Waals surface area contributed by atoms with E-state index in [9.17, 15) is 4.79 Å². The summed E-state index contributed by atoms with van der Waals surface area (Å²) in [4.78, 5) is 14.3. The second-order valence-corrected chi connectivity index (χ2v) is 5.04. The lowest BCUT2D eigenvalue weighted by Crippen LogP contribution is -2.39. The third kappa shape index (κ3) is 2.20. The molecular weight excluding hydrogens is 212 g/mol. The molecule has 3 nitrogen and oxygen atoms in total. The van der Waals surface area contributed by atoms with E-state index in [-0.39, 0.29) is 5.91 Å². The molecule has 1 aromatic rings. The van der Waals surface area contributed by atoms with Crippen LogP contribution in [0.1, 0.15) is 29.6 Å². The van der Waals surface area contributed by atoms with Gasteiger partial charge < -0.3 is 10.2 Å². The molecule has 3 heteroatoms. The highest BCUT2D eigenvalue weighted by atomic mass is 16.2. The quantitative estimate of drug-likeness (QED) is 0.795. The summed E-state index contributed by atoms with van der Waals surface area (Å²) in [5.41, 5.74) is 0.810. The summed E-state index contributed by atoms with van der Waals surface area (Å²) in [6.07, 6.45) is 3.58. The summed E-state index contributed by atoms with van der Waals surface area (Å²) in [7, 11) is 0. The zero-order chi connectivity index (χ0) is 11.7. The van der Waals surface area contributed by atoms with E-state index in [1.165, 1.54) is 12.8 Å². The predicted octanol–water partition coefficient (Wildman–Crippen LogP) is 1.65. The molecule has 0 aromatic heterocycles. The number of nitrogens with zero attached hydrogens (tertiary/aromatic N) is 1. The van der Waals surface area contributed by atoms with Crippen LogP contribution in [0.2, 0.25) is 0 Å². The Morgan fingerprint density at radius 1 is 1.12 bits per heavy atom. The molecule has 0 radical (unpaired) electrons. The van der Waals surface area contributed by atoms with Crippen molar-refractivity contribution in [3.8, 4) is 0 Å². The van der Waals surface area contributed by atoms with Gasteiger partial charge in [0.05, 0.1) is 0 Å². The van der Waals surface area contributed by atoms with Crippen LogP contribution in [0, 0.1) is 0 Å². The molecular formula is C14H18N2O. The van der Waals surface area contributed by atoms with Crippen LogP contribution < -0.4 is 5.32 Å². The van der Waals surface area contributed by atoms with Crippen LogP contribution >= 0.6 is 0 Å². The first-order valence-electron chi connectivity index (χ1n) is 6.43. The Morgan fingerprint density at radius 2 is 1.88 bits per heavy atom. The second kappa shape index (κ2) is 4.49. The van der Waals surface area contributed by atoms with E-state index < -0.39 is 0 Å². The number of rotatable bonds is 1. The van der Waals surface area contributed by atoms with Gasteiger partial charge in [-0.2, -0.15) is 0 Å². The molecule has 1 aromatic carbocycles. The standard InChI is InChI=1S/C14H18N2O/c17-14(11-4-2-1-3-5-11)16-9-8-12-6-7-13(10-16)15-12/h1-5,12-13,15H,6-10H2. The smallest absolute Gasteiger partial charge is 0.253 e. The molecule has 2 bridgehead atoms. The van der Waals surface area contributed by atoms with Crippen molar-refractivity contribution >= 4 is 5.91 Å². The van der Waals surface area contributed by atoms with Gasteiger partial charge in [0.15, 0.2) is 0 Å². The zero-order valence-electron chi connectivity index (χ0n) is 9.93. The average Bonchev–Trinajstić information content (AvgIpc) is 2.69. The monoisotopic (exact) mass is 230 g/mol. The fourth-order valence-electron chi connectivity index (χ4n) is 2.89. The Hall–Kier alpha value is -1.35. The van der Waals surface area contributed by atoms with E-state index in [0.29, 0.717) is 12.1 Å². The van der Waals surface area contributed by atoms with E-state index in [1.54, 1.807) is 0 Å². The molecule has 3 rings (SSSR count). The van der Waals surface area contributed by atoms with Gasteiger partial charge in [-0.25, -0.2) is 0 Å². The van der Waals surface area contributed by atoms with Crippen LogP contribution in [0.15, 0.2) is 30.3 Å². The van der Waals surface area contributed by atoms with Crippen molar-refractivity contribution < 1.29 is 4.79 Å². The zero-order valence-corrected chi connectivity index (χ0v) is 9.93. The molecule has 2 aliphatic rings. The second-order valence-electron chi connectivity index (χ2n) is 5.04. The van der Waals surface area contributed by atoms with E-state index in [1.807, 2.05) is 35.2 Å². The van der Waals surface area contributed by atoms with Gasteiger partial charge in [-0.05, 0) is 31.4 Å². The predicted molar refractivity (Wildman–Crippen MR) is 66.9 cm³/mol. The van der Waals surface area contributed by atoms with Gasteiger partial charge in [-0.1, -0.05) is 18.2 Å². The maximum atomic E-state index is 12.3. The van der Waals surface area contributed by atoms with Gasteiger partial charge >= 0.3 is 0 Å². The van der Waals surface area contributed by atoms with Crippen molar-refractivity contribution in [1.29, 1.82) is 0 Å². The summed E-state index contributed by atoms with van der Waals surface area (Å²) < 4.78 is 0. The van der Waals surface area contributed by atoms with E-state index in [0.717, 1.165) is 25.1 Å². The molecule has 2 aliphatic heterocycles. The third-order valence-electron chi connectivity index (χ3n) is 3.83. The summed E-state index contributed by atoms with van der Waals surface area (Å²) in [5.74, 6) is 0.181. The Morgan fingerprint density at radius 3 is 2.71 bits per heavy atom. The summed E-state index contributed by atoms with van der Waals surface area (Å²) in [6, 6.07) is 10.7. The molecule has 90 valence electrons. The Labute approximate surface area is 102 Å². The van der Waals surface area contributed by atoms with Gasteiger partial charge in [-0.3, -0.25) is 4.79 Å². The van der Waals surface area contributed by atoms with Crippen LogP contribution in [-0.2, 0) is 0 Å². The summed E-state index contributed by atoms with van der Waals surface area (Å²) >= 11 is 0. The number of carbonyl (C=O) groups excluding carboxylic acids is 1. The first-order valence-corrected chi connectivity index (χ1v) is 6.43. The lowest BCUT2D eigenvalue weighted by molar-refractivity contribution is 0.0748. The first kappa shape index (κ1) is 10.8. The van der Waals surface area contributed by atoms with Gasteiger partial charge in [-0.15, -0.1) is 0 Å². The molecule has 1 N–H and O–H groups in total. The van der Waals surface area contributed by atoms with Crippen LogP contribution in [0.25, 0.3) is 0 Å². The number of carbonyl (C=O) groups is 1. The van der Waals surface area contributed by atoms with Crippen molar-refractivity contribution in [1.82, 2.24) is 10.2 Å². The highest BCUT2D eigenvalue weighted by Gasteiger charge is 2.31. The molecule has 2 atom stereocenters. The van der Waals surface area contributed by atoms with Crippen LogP contribution in [-0.4, -0.2) is 36.0 Å². The molecule has 0 aliphatic carbocycles. The molecule has 1 amide bonds. The van der Waals surface area contributed by atoms with Gasteiger partial charge in [0, 0.05) is 30.7 Å². The van der Waals surface area contributed by atoms with E-state index in [4.69, 9.17) is 0 Å². The highest BCUT2D eigenvalue weighted by molar-refractivity contribution is 5.94. The van der Waals surface area contributed by atoms with Gasteiger partial charge in [0.25, 0.3) is 5.91 Å². The fraction of sp³-hybridized carbons (Fsp3) is 0.500. The number of likely N-dealkylation sites (tertiary alicyclic amines) is 1. The molecule has 17 heavy (non-hydrogen) atoms. The van der Waals surface area contributed by atoms with Crippen LogP contribution in [0.4, 0.5) is 0 Å². The fourth-order valence-corrected chi connectivity index (χ4v) is 2.89. The molecule has 0 saturated carbocycles. The lowest BCUT2D eigenvalue weighted by Gasteiger charge is -2.24. The minimum atomic E-state index is 0.181. The maximum Gasteiger partial charge on any atom is 0.253 e. The highest BCUT2D eigenvalue weighted by Crippen LogP contribution is 2.21. The van der Waals surface area contributed by atoms with Crippen molar-refractivity contribution in [2.75, 3.05) is 13.1 Å². The number of amides is 1. The van der Waals surface area contributed by atoms with Crippen molar-refractivity contribution in [2.24, 2.45) is 0 Å². The van der Waals surface area contributed by atoms with Gasteiger partial charge in [0.1, 0.15) is 0 Å². The maximum absolute atomic E-state index is 12.3. The molecule has 2 fully saturated rings. The number of hydrogen-bond acceptors (Lipinski definition) is 2. The minimum Gasteiger partial charge on any atom is -0.337 e. The van der Waals surface area contributed by atoms with Crippen LogP contribution in [0.5, 0.6) is 0 Å². The number of fused-ring (bicyclic) bond motifs is 2. The Bertz CT molecular complexity index is 404. The third-order valence-corrected chi connectivity index (χ3v) is 3.83. The molecule has 0 spiro atoms. The lowest BCUT2D eigenvalue weighted by atomic mass is 10.1. The summed E-state index contributed by atoms with van der Waals surface area (Å²) in [6.45, 7) is 1.76. The van der Waals surface area contributed by atoms with Crippen LogP contribution in [0.3, 0.4) is 0 Å². The number of nitrogens with one attached hydrogen (secondary N) is 1. The SMILES string of the molecule is O=C(c1ccccc1)N1CCC2CCC(C1)N2. The van der Waals surface area contributed by atoms with E-state index >= 15 is 0 Å². The number of hydrogen-bond donors (Lipinski definition) is 1. The minimum absolute atomic E-state index is 0.181. The average molecular weight is 230 g/mol. The van der Waals surface area contributed by atoms with Crippen molar-refractivity contribution in [3.05, 3.63) is 35.9 Å². The van der Waals surface area contributed by atoms with Crippen molar-refractivity contribution in [2.45, 2.75) is 31.3 Å². The molecule has 2 heterocycles. The van der Waals surface area contributed by atoms with Gasteiger partial charge in [0.2, 0.25) is 0 Å². The first-order chi connectivity index (χ1) is 8.33. The molecule has 2 unspecified atom stereocenters. The van der Waals surface area contributed by atoms with Crippen molar-refractivity contribution in [3.63, 3.8) is 0 Å². The topological polar surface area (TPSA) is 32.3 Å². The van der Waals surface area contributed by atoms with E-state index in [2.05, 4.69) is 5.32 Å². The Balaban J connectivity index is 1.74. The normalized spacial score (nSPS) is 27.9. The molecule has 2 saturated heterocycles. The Kier molecular flexibility index (Phi) is 2.85. The summed E-state index contributed by atoms with van der Waals surface area (Å²) in [5, 5.41) is 3.60.